The van der Waals surface area contributed by atoms with E-state index in [4.69, 9.17) is 9.84 Å². The molecule has 25 heavy (non-hydrogen) atoms. The Kier molecular flexibility index (Phi) is 7.30. The third-order valence-corrected chi connectivity index (χ3v) is 4.68. The first-order valence-electron chi connectivity index (χ1n) is 9.57. The Balaban J connectivity index is 2.04. The van der Waals surface area contributed by atoms with Crippen LogP contribution in [0.25, 0.3) is 0 Å². The number of carbonyl (C=O) groups is 1. The first-order chi connectivity index (χ1) is 11.9. The molecule has 0 aliphatic heterocycles. The number of hydrogen-bond acceptors (Lipinski definition) is 3. The van der Waals surface area contributed by atoms with Crippen molar-refractivity contribution in [3.63, 3.8) is 0 Å². The molecule has 1 amide bonds. The van der Waals surface area contributed by atoms with Gasteiger partial charge in [0.2, 0.25) is 0 Å². The Bertz CT molecular complexity index is 544. The highest BCUT2D eigenvalue weighted by Crippen LogP contribution is 2.24. The highest BCUT2D eigenvalue weighted by molar-refractivity contribution is 5.68. The van der Waals surface area contributed by atoms with Crippen molar-refractivity contribution in [1.29, 1.82) is 0 Å². The van der Waals surface area contributed by atoms with Crippen molar-refractivity contribution in [3.8, 4) is 0 Å². The number of aliphatic hydroxyl groups is 1. The lowest BCUT2D eigenvalue weighted by Crippen LogP contribution is -2.45. The van der Waals surface area contributed by atoms with Crippen molar-refractivity contribution in [1.82, 2.24) is 4.90 Å². The first kappa shape index (κ1) is 19.8. The van der Waals surface area contributed by atoms with Gasteiger partial charge in [0.1, 0.15) is 5.60 Å². The average molecular weight is 347 g/mol. The van der Waals surface area contributed by atoms with Gasteiger partial charge in [0.15, 0.2) is 0 Å². The van der Waals surface area contributed by atoms with Gasteiger partial charge in [-0.15, -0.1) is 0 Å². The van der Waals surface area contributed by atoms with Gasteiger partial charge in [-0.05, 0) is 57.6 Å². The summed E-state index contributed by atoms with van der Waals surface area (Å²) in [5, 5.41) is 9.11. The van der Waals surface area contributed by atoms with E-state index in [0.29, 0.717) is 19.0 Å². The van der Waals surface area contributed by atoms with Crippen LogP contribution in [0.3, 0.4) is 0 Å². The van der Waals surface area contributed by atoms with Crippen molar-refractivity contribution >= 4 is 6.09 Å². The predicted molar refractivity (Wildman–Crippen MR) is 101 cm³/mol. The number of carbonyl (C=O) groups excluding carboxylic acids is 1. The number of aliphatic hydroxyl groups excluding tert-OH is 1. The molecular weight excluding hydrogens is 314 g/mol. The number of amides is 1. The van der Waals surface area contributed by atoms with Gasteiger partial charge in [0.05, 0.1) is 0 Å². The molecule has 0 unspecified atom stereocenters. The molecule has 0 heterocycles. The molecule has 0 aromatic heterocycles. The molecular formula is C21H33NO3. The van der Waals surface area contributed by atoms with Gasteiger partial charge in [-0.3, -0.25) is 0 Å². The Morgan fingerprint density at radius 1 is 1.16 bits per heavy atom. The van der Waals surface area contributed by atoms with Crippen LogP contribution in [0, 0.1) is 0 Å². The van der Waals surface area contributed by atoms with Crippen LogP contribution in [0.5, 0.6) is 0 Å². The van der Waals surface area contributed by atoms with Gasteiger partial charge in [-0.25, -0.2) is 4.79 Å². The van der Waals surface area contributed by atoms with Gasteiger partial charge >= 0.3 is 6.09 Å². The van der Waals surface area contributed by atoms with E-state index in [1.807, 2.05) is 37.8 Å². The molecule has 140 valence electrons. The zero-order valence-electron chi connectivity index (χ0n) is 16.0. The Labute approximate surface area is 152 Å². The predicted octanol–water partition coefficient (Wildman–Crippen LogP) is 4.33. The second-order valence-electron chi connectivity index (χ2n) is 8.01. The van der Waals surface area contributed by atoms with E-state index in [1.165, 1.54) is 24.8 Å². The van der Waals surface area contributed by atoms with Crippen molar-refractivity contribution in [3.05, 3.63) is 35.4 Å². The standard InChI is InChI=1S/C21H33NO3/c1-21(2,3)25-20(24)22(19-10-5-4-6-11-19)14-12-17-8-7-9-18(16-17)13-15-23/h7-9,16,19,23H,4-6,10-15H2,1-3H3. The van der Waals surface area contributed by atoms with E-state index < -0.39 is 5.60 Å². The van der Waals surface area contributed by atoms with E-state index in [2.05, 4.69) is 12.1 Å². The number of nitrogens with zero attached hydrogens (tertiary/aromatic N) is 1. The van der Waals surface area contributed by atoms with Crippen molar-refractivity contribution < 1.29 is 14.6 Å². The number of benzene rings is 1. The molecule has 1 aliphatic carbocycles. The minimum absolute atomic E-state index is 0.162. The quantitative estimate of drug-likeness (QED) is 0.833. The van der Waals surface area contributed by atoms with Gasteiger partial charge in [-0.2, -0.15) is 0 Å². The maximum absolute atomic E-state index is 12.7. The van der Waals surface area contributed by atoms with E-state index in [0.717, 1.165) is 24.8 Å². The third kappa shape index (κ3) is 6.69. The van der Waals surface area contributed by atoms with E-state index in [9.17, 15) is 4.79 Å². The molecule has 4 heteroatoms. The van der Waals surface area contributed by atoms with E-state index in [1.54, 1.807) is 0 Å². The van der Waals surface area contributed by atoms with Crippen LogP contribution < -0.4 is 0 Å². The van der Waals surface area contributed by atoms with Crippen molar-refractivity contribution in [2.24, 2.45) is 0 Å². The zero-order valence-corrected chi connectivity index (χ0v) is 16.0. The number of ether oxygens (including phenoxy) is 1. The fourth-order valence-electron chi connectivity index (χ4n) is 3.46. The molecule has 0 spiro atoms. The summed E-state index contributed by atoms with van der Waals surface area (Å²) in [6.45, 7) is 6.60. The highest BCUT2D eigenvalue weighted by atomic mass is 16.6. The maximum atomic E-state index is 12.7. The fourth-order valence-corrected chi connectivity index (χ4v) is 3.46. The third-order valence-electron chi connectivity index (χ3n) is 4.68. The lowest BCUT2D eigenvalue weighted by atomic mass is 9.94. The van der Waals surface area contributed by atoms with Crippen molar-refractivity contribution in [2.45, 2.75) is 77.4 Å². The lowest BCUT2D eigenvalue weighted by Gasteiger charge is -2.35. The first-order valence-corrected chi connectivity index (χ1v) is 9.57. The van der Waals surface area contributed by atoms with Crippen LogP contribution in [0.15, 0.2) is 24.3 Å². The van der Waals surface area contributed by atoms with Gasteiger partial charge in [-0.1, -0.05) is 43.5 Å². The summed E-state index contributed by atoms with van der Waals surface area (Å²) in [7, 11) is 0. The second kappa shape index (κ2) is 9.23. The van der Waals surface area contributed by atoms with E-state index >= 15 is 0 Å². The molecule has 1 N–H and O–H groups in total. The molecule has 1 aliphatic rings. The summed E-state index contributed by atoms with van der Waals surface area (Å²) in [5.74, 6) is 0. The summed E-state index contributed by atoms with van der Waals surface area (Å²) in [5.41, 5.74) is 1.88. The van der Waals surface area contributed by atoms with Crippen LogP contribution in [0.4, 0.5) is 4.79 Å². The molecule has 0 bridgehead atoms. The summed E-state index contributed by atoms with van der Waals surface area (Å²) >= 11 is 0. The lowest BCUT2D eigenvalue weighted by molar-refractivity contribution is 0.0124. The van der Waals surface area contributed by atoms with Crippen LogP contribution in [0.1, 0.15) is 64.0 Å². The molecule has 1 aromatic rings. The van der Waals surface area contributed by atoms with Crippen molar-refractivity contribution in [2.75, 3.05) is 13.2 Å². The topological polar surface area (TPSA) is 49.8 Å². The monoisotopic (exact) mass is 347 g/mol. The van der Waals surface area contributed by atoms with E-state index in [-0.39, 0.29) is 12.7 Å². The smallest absolute Gasteiger partial charge is 0.410 e. The SMILES string of the molecule is CC(C)(C)OC(=O)N(CCc1cccc(CCO)c1)C1CCCCC1. The highest BCUT2D eigenvalue weighted by Gasteiger charge is 2.29. The Morgan fingerprint density at radius 3 is 2.40 bits per heavy atom. The Hall–Kier alpha value is -1.55. The van der Waals surface area contributed by atoms with Crippen LogP contribution in [0.2, 0.25) is 0 Å². The molecule has 0 radical (unpaired) electrons. The number of hydrogen-bond donors (Lipinski definition) is 1. The minimum Gasteiger partial charge on any atom is -0.444 e. The summed E-state index contributed by atoms with van der Waals surface area (Å²) in [4.78, 5) is 14.7. The van der Waals surface area contributed by atoms with Gasteiger partial charge in [0, 0.05) is 19.2 Å². The maximum Gasteiger partial charge on any atom is 0.410 e. The van der Waals surface area contributed by atoms with Crippen LogP contribution >= 0.6 is 0 Å². The average Bonchev–Trinajstić information content (AvgIpc) is 2.55. The molecule has 2 rings (SSSR count). The largest absolute Gasteiger partial charge is 0.444 e. The molecule has 1 saturated carbocycles. The molecule has 1 aromatic carbocycles. The zero-order chi connectivity index (χ0) is 18.3. The van der Waals surface area contributed by atoms with Gasteiger partial charge < -0.3 is 14.7 Å². The molecule has 0 atom stereocenters. The Morgan fingerprint density at radius 2 is 1.80 bits per heavy atom. The number of rotatable bonds is 6. The normalized spacial score (nSPS) is 15.8. The summed E-state index contributed by atoms with van der Waals surface area (Å²) in [6, 6.07) is 8.58. The fraction of sp³-hybridized carbons (Fsp3) is 0.667. The minimum atomic E-state index is -0.467. The molecule has 4 nitrogen and oxygen atoms in total. The summed E-state index contributed by atoms with van der Waals surface area (Å²) < 4.78 is 5.66. The second-order valence-corrected chi connectivity index (χ2v) is 8.01. The van der Waals surface area contributed by atoms with Crippen LogP contribution in [-0.2, 0) is 17.6 Å². The summed E-state index contributed by atoms with van der Waals surface area (Å²) in [6.07, 6.45) is 7.09. The molecule has 0 saturated heterocycles. The molecule has 1 fully saturated rings. The van der Waals surface area contributed by atoms with Gasteiger partial charge in [0.25, 0.3) is 0 Å². The van der Waals surface area contributed by atoms with Crippen LogP contribution in [-0.4, -0.2) is 40.9 Å².